The van der Waals surface area contributed by atoms with Crippen molar-refractivity contribution < 1.29 is 23.0 Å². The SMILES string of the molecule is COc1ccc(OC)c(S(C)(=O)=O)c1CCCO. The van der Waals surface area contributed by atoms with Gasteiger partial charge in [-0.25, -0.2) is 8.42 Å². The van der Waals surface area contributed by atoms with E-state index in [0.717, 1.165) is 6.26 Å². The van der Waals surface area contributed by atoms with Crippen molar-refractivity contribution in [2.24, 2.45) is 0 Å². The zero-order chi connectivity index (χ0) is 13.8. The molecule has 0 amide bonds. The van der Waals surface area contributed by atoms with E-state index in [1.165, 1.54) is 14.2 Å². The number of rotatable bonds is 6. The van der Waals surface area contributed by atoms with E-state index < -0.39 is 9.84 Å². The van der Waals surface area contributed by atoms with Crippen LogP contribution in [0.2, 0.25) is 0 Å². The minimum Gasteiger partial charge on any atom is -0.496 e. The molecule has 1 rings (SSSR count). The Bertz CT molecular complexity index is 507. The molecule has 5 nitrogen and oxygen atoms in total. The van der Waals surface area contributed by atoms with E-state index in [4.69, 9.17) is 14.6 Å². The Balaban J connectivity index is 3.48. The summed E-state index contributed by atoms with van der Waals surface area (Å²) in [6.07, 6.45) is 2.01. The summed E-state index contributed by atoms with van der Waals surface area (Å²) in [6, 6.07) is 3.23. The van der Waals surface area contributed by atoms with Crippen LogP contribution in [0.15, 0.2) is 17.0 Å². The Hall–Kier alpha value is -1.27. The fraction of sp³-hybridized carbons (Fsp3) is 0.500. The fourth-order valence-corrected chi connectivity index (χ4v) is 3.01. The first kappa shape index (κ1) is 14.8. The first-order valence-electron chi connectivity index (χ1n) is 5.50. The van der Waals surface area contributed by atoms with E-state index >= 15 is 0 Å². The second-order valence-electron chi connectivity index (χ2n) is 3.88. The molecule has 0 atom stereocenters. The van der Waals surface area contributed by atoms with Crippen LogP contribution >= 0.6 is 0 Å². The molecule has 18 heavy (non-hydrogen) atoms. The summed E-state index contributed by atoms with van der Waals surface area (Å²) in [5, 5.41) is 8.89. The lowest BCUT2D eigenvalue weighted by atomic mass is 10.1. The highest BCUT2D eigenvalue weighted by molar-refractivity contribution is 7.90. The van der Waals surface area contributed by atoms with E-state index in [-0.39, 0.29) is 11.5 Å². The van der Waals surface area contributed by atoms with E-state index in [0.29, 0.717) is 29.9 Å². The minimum atomic E-state index is -3.43. The second kappa shape index (κ2) is 6.06. The zero-order valence-corrected chi connectivity index (χ0v) is 11.6. The molecule has 0 fully saturated rings. The quantitative estimate of drug-likeness (QED) is 0.839. The third-order valence-corrected chi connectivity index (χ3v) is 3.77. The molecular weight excluding hydrogens is 256 g/mol. The van der Waals surface area contributed by atoms with E-state index in [1.54, 1.807) is 12.1 Å². The van der Waals surface area contributed by atoms with Gasteiger partial charge in [-0.2, -0.15) is 0 Å². The van der Waals surface area contributed by atoms with Gasteiger partial charge in [0.05, 0.1) is 14.2 Å². The second-order valence-corrected chi connectivity index (χ2v) is 5.83. The summed E-state index contributed by atoms with van der Waals surface area (Å²) in [7, 11) is -0.520. The van der Waals surface area contributed by atoms with Crippen LogP contribution in [0.4, 0.5) is 0 Å². The van der Waals surface area contributed by atoms with Gasteiger partial charge >= 0.3 is 0 Å². The van der Waals surface area contributed by atoms with Crippen LogP contribution in [-0.2, 0) is 16.3 Å². The highest BCUT2D eigenvalue weighted by Gasteiger charge is 2.22. The number of aliphatic hydroxyl groups excluding tert-OH is 1. The van der Waals surface area contributed by atoms with Crippen molar-refractivity contribution >= 4 is 9.84 Å². The molecule has 1 aromatic carbocycles. The van der Waals surface area contributed by atoms with Gasteiger partial charge in [0.1, 0.15) is 16.4 Å². The summed E-state index contributed by atoms with van der Waals surface area (Å²) in [4.78, 5) is 0.137. The largest absolute Gasteiger partial charge is 0.496 e. The maximum absolute atomic E-state index is 11.9. The average Bonchev–Trinajstić information content (AvgIpc) is 2.33. The Kier molecular flexibility index (Phi) is 4.98. The average molecular weight is 274 g/mol. The fourth-order valence-electron chi connectivity index (χ4n) is 1.84. The molecule has 0 aromatic heterocycles. The van der Waals surface area contributed by atoms with Crippen molar-refractivity contribution in [1.29, 1.82) is 0 Å². The summed E-state index contributed by atoms with van der Waals surface area (Å²) < 4.78 is 34.0. The highest BCUT2D eigenvalue weighted by atomic mass is 32.2. The van der Waals surface area contributed by atoms with Gasteiger partial charge in [-0.3, -0.25) is 0 Å². The van der Waals surface area contributed by atoms with Crippen molar-refractivity contribution in [2.75, 3.05) is 27.1 Å². The predicted octanol–water partition coefficient (Wildman–Crippen LogP) is 1.03. The van der Waals surface area contributed by atoms with Crippen LogP contribution in [-0.4, -0.2) is 40.6 Å². The van der Waals surface area contributed by atoms with E-state index in [9.17, 15) is 8.42 Å². The number of sulfone groups is 1. The lowest BCUT2D eigenvalue weighted by Crippen LogP contribution is -2.08. The molecule has 0 radical (unpaired) electrons. The smallest absolute Gasteiger partial charge is 0.179 e. The first-order chi connectivity index (χ1) is 8.45. The molecule has 6 heteroatoms. The van der Waals surface area contributed by atoms with Crippen LogP contribution in [0.3, 0.4) is 0 Å². The van der Waals surface area contributed by atoms with Crippen LogP contribution < -0.4 is 9.47 Å². The number of hydrogen-bond donors (Lipinski definition) is 1. The molecule has 1 aromatic rings. The molecule has 102 valence electrons. The maximum Gasteiger partial charge on any atom is 0.179 e. The topological polar surface area (TPSA) is 72.8 Å². The number of methoxy groups -OCH3 is 2. The van der Waals surface area contributed by atoms with Gasteiger partial charge in [-0.05, 0) is 25.0 Å². The monoisotopic (exact) mass is 274 g/mol. The summed E-state index contributed by atoms with van der Waals surface area (Å²) in [5.74, 6) is 0.788. The van der Waals surface area contributed by atoms with E-state index in [1.807, 2.05) is 0 Å². The molecule has 0 heterocycles. The number of hydrogen-bond acceptors (Lipinski definition) is 5. The van der Waals surface area contributed by atoms with Gasteiger partial charge in [0.15, 0.2) is 9.84 Å². The predicted molar refractivity (Wildman–Crippen MR) is 68.1 cm³/mol. The summed E-state index contributed by atoms with van der Waals surface area (Å²) in [5.41, 5.74) is 0.549. The normalized spacial score (nSPS) is 11.3. The standard InChI is InChI=1S/C12H18O5S/c1-16-10-6-7-11(17-2)12(18(3,14)15)9(10)5-4-8-13/h6-7,13H,4-5,8H2,1-3H3. The van der Waals surface area contributed by atoms with Crippen molar-refractivity contribution in [3.05, 3.63) is 17.7 Å². The Morgan fingerprint density at radius 1 is 1.17 bits per heavy atom. The van der Waals surface area contributed by atoms with Crippen molar-refractivity contribution in [1.82, 2.24) is 0 Å². The molecule has 0 aliphatic heterocycles. The molecule has 0 spiro atoms. The molecule has 1 N–H and O–H groups in total. The van der Waals surface area contributed by atoms with Gasteiger partial charge in [-0.15, -0.1) is 0 Å². The van der Waals surface area contributed by atoms with Crippen molar-refractivity contribution in [2.45, 2.75) is 17.7 Å². The van der Waals surface area contributed by atoms with Gasteiger partial charge in [0.2, 0.25) is 0 Å². The molecule has 0 aliphatic carbocycles. The van der Waals surface area contributed by atoms with Gasteiger partial charge in [0, 0.05) is 18.4 Å². The number of ether oxygens (including phenoxy) is 2. The number of benzene rings is 1. The number of aliphatic hydroxyl groups is 1. The molecular formula is C12H18O5S. The molecule has 0 aliphatic rings. The Morgan fingerprint density at radius 3 is 2.17 bits per heavy atom. The van der Waals surface area contributed by atoms with Crippen LogP contribution in [0.1, 0.15) is 12.0 Å². The minimum absolute atomic E-state index is 0.0104. The Morgan fingerprint density at radius 2 is 1.72 bits per heavy atom. The first-order valence-corrected chi connectivity index (χ1v) is 7.39. The third kappa shape index (κ3) is 3.14. The van der Waals surface area contributed by atoms with Gasteiger partial charge < -0.3 is 14.6 Å². The molecule has 0 unspecified atom stereocenters. The molecule has 0 saturated heterocycles. The lowest BCUT2D eigenvalue weighted by molar-refractivity contribution is 0.287. The lowest BCUT2D eigenvalue weighted by Gasteiger charge is -2.15. The summed E-state index contributed by atoms with van der Waals surface area (Å²) >= 11 is 0. The molecule has 0 bridgehead atoms. The molecule has 0 saturated carbocycles. The van der Waals surface area contributed by atoms with Gasteiger partial charge in [-0.1, -0.05) is 0 Å². The maximum atomic E-state index is 11.9. The van der Waals surface area contributed by atoms with Crippen molar-refractivity contribution in [3.8, 4) is 11.5 Å². The van der Waals surface area contributed by atoms with Gasteiger partial charge in [0.25, 0.3) is 0 Å². The summed E-state index contributed by atoms with van der Waals surface area (Å²) in [6.45, 7) is -0.0104. The van der Waals surface area contributed by atoms with Crippen molar-refractivity contribution in [3.63, 3.8) is 0 Å². The third-order valence-electron chi connectivity index (χ3n) is 2.58. The highest BCUT2D eigenvalue weighted by Crippen LogP contribution is 2.34. The van der Waals surface area contributed by atoms with Crippen LogP contribution in [0, 0.1) is 0 Å². The van der Waals surface area contributed by atoms with Crippen LogP contribution in [0.5, 0.6) is 11.5 Å². The van der Waals surface area contributed by atoms with Crippen LogP contribution in [0.25, 0.3) is 0 Å². The van der Waals surface area contributed by atoms with E-state index in [2.05, 4.69) is 0 Å². The Labute approximate surface area is 107 Å². The zero-order valence-electron chi connectivity index (χ0n) is 10.8.